The Bertz CT molecular complexity index is 720. The van der Waals surface area contributed by atoms with Gasteiger partial charge in [-0.3, -0.25) is 4.99 Å². The third kappa shape index (κ3) is 6.73. The summed E-state index contributed by atoms with van der Waals surface area (Å²) in [5.74, 6) is 2.49. The van der Waals surface area contributed by atoms with E-state index in [1.807, 2.05) is 37.9 Å². The number of hydrogen-bond donors (Lipinski definition) is 1. The molecule has 1 N–H and O–H groups in total. The van der Waals surface area contributed by atoms with Crippen molar-refractivity contribution in [2.75, 3.05) is 33.9 Å². The van der Waals surface area contributed by atoms with E-state index in [0.717, 1.165) is 5.75 Å². The molecular formula is C18H26ClN5O3. The van der Waals surface area contributed by atoms with E-state index in [1.165, 1.54) is 0 Å². The fourth-order valence-corrected chi connectivity index (χ4v) is 2.43. The molecule has 8 nitrogen and oxygen atoms in total. The SMILES string of the molecule is CCOC(C)c1noc(CNC(=NC)N(C)CCOc2ccc(Cl)cc2)n1. The van der Waals surface area contributed by atoms with E-state index in [-0.39, 0.29) is 6.10 Å². The Hall–Kier alpha value is -2.32. The van der Waals surface area contributed by atoms with Crippen LogP contribution in [0.1, 0.15) is 31.7 Å². The highest BCUT2D eigenvalue weighted by molar-refractivity contribution is 6.30. The van der Waals surface area contributed by atoms with Gasteiger partial charge in [0, 0.05) is 25.7 Å². The highest BCUT2D eigenvalue weighted by atomic mass is 35.5. The Labute approximate surface area is 164 Å². The summed E-state index contributed by atoms with van der Waals surface area (Å²) < 4.78 is 16.4. The summed E-state index contributed by atoms with van der Waals surface area (Å²) in [6.45, 7) is 5.95. The van der Waals surface area contributed by atoms with E-state index in [4.69, 9.17) is 25.6 Å². The molecule has 0 saturated carbocycles. The molecule has 0 aliphatic heterocycles. The van der Waals surface area contributed by atoms with Gasteiger partial charge in [-0.05, 0) is 38.1 Å². The average molecular weight is 396 g/mol. The zero-order valence-corrected chi connectivity index (χ0v) is 16.9. The number of rotatable bonds is 9. The van der Waals surface area contributed by atoms with Crippen molar-refractivity contribution in [2.45, 2.75) is 26.5 Å². The van der Waals surface area contributed by atoms with Crippen molar-refractivity contribution in [1.82, 2.24) is 20.4 Å². The standard InChI is InChI=1S/C18H26ClN5O3/c1-5-25-13(2)17-22-16(27-23-17)12-21-18(20-3)24(4)10-11-26-15-8-6-14(19)7-9-15/h6-9,13H,5,10-12H2,1-4H3,(H,20,21). The molecule has 0 saturated heterocycles. The van der Waals surface area contributed by atoms with E-state index < -0.39 is 0 Å². The van der Waals surface area contributed by atoms with Gasteiger partial charge in [-0.15, -0.1) is 0 Å². The van der Waals surface area contributed by atoms with Gasteiger partial charge in [0.15, 0.2) is 11.8 Å². The van der Waals surface area contributed by atoms with Crippen LogP contribution < -0.4 is 10.1 Å². The second-order valence-electron chi connectivity index (χ2n) is 5.77. The number of hydrogen-bond acceptors (Lipinski definition) is 6. The molecule has 27 heavy (non-hydrogen) atoms. The van der Waals surface area contributed by atoms with Gasteiger partial charge in [-0.2, -0.15) is 4.98 Å². The fraction of sp³-hybridized carbons (Fsp3) is 0.500. The van der Waals surface area contributed by atoms with E-state index in [2.05, 4.69) is 20.4 Å². The minimum Gasteiger partial charge on any atom is -0.492 e. The quantitative estimate of drug-likeness (QED) is 0.516. The fourth-order valence-electron chi connectivity index (χ4n) is 2.31. The lowest BCUT2D eigenvalue weighted by atomic mass is 10.3. The maximum Gasteiger partial charge on any atom is 0.246 e. The molecule has 1 unspecified atom stereocenters. The molecular weight excluding hydrogens is 370 g/mol. The maximum atomic E-state index is 5.86. The molecule has 1 aromatic heterocycles. The summed E-state index contributed by atoms with van der Waals surface area (Å²) in [4.78, 5) is 10.5. The van der Waals surface area contributed by atoms with Crippen molar-refractivity contribution >= 4 is 17.6 Å². The second-order valence-corrected chi connectivity index (χ2v) is 6.21. The van der Waals surface area contributed by atoms with Gasteiger partial charge in [-0.1, -0.05) is 16.8 Å². The number of aromatic nitrogens is 2. The monoisotopic (exact) mass is 395 g/mol. The summed E-state index contributed by atoms with van der Waals surface area (Å²) in [6.07, 6.45) is -0.195. The van der Waals surface area contributed by atoms with Crippen molar-refractivity contribution < 1.29 is 14.0 Å². The van der Waals surface area contributed by atoms with Crippen molar-refractivity contribution in [1.29, 1.82) is 0 Å². The summed E-state index contributed by atoms with van der Waals surface area (Å²) in [7, 11) is 3.65. The minimum atomic E-state index is -0.195. The van der Waals surface area contributed by atoms with E-state index in [0.29, 0.717) is 49.0 Å². The lowest BCUT2D eigenvalue weighted by Gasteiger charge is -2.21. The molecule has 0 aliphatic carbocycles. The summed E-state index contributed by atoms with van der Waals surface area (Å²) in [5, 5.41) is 7.81. The third-order valence-corrected chi connectivity index (χ3v) is 4.00. The highest BCUT2D eigenvalue weighted by Gasteiger charge is 2.14. The number of nitrogens with zero attached hydrogens (tertiary/aromatic N) is 4. The Morgan fingerprint density at radius 3 is 2.78 bits per heavy atom. The second kappa shape index (κ2) is 10.7. The van der Waals surface area contributed by atoms with Crippen LogP contribution in [0.4, 0.5) is 0 Å². The molecule has 2 aromatic rings. The van der Waals surface area contributed by atoms with Gasteiger partial charge < -0.3 is 24.2 Å². The van der Waals surface area contributed by atoms with E-state index in [1.54, 1.807) is 19.2 Å². The topological polar surface area (TPSA) is 85.0 Å². The maximum absolute atomic E-state index is 5.86. The lowest BCUT2D eigenvalue weighted by molar-refractivity contribution is 0.0683. The van der Waals surface area contributed by atoms with Crippen LogP contribution in [0.2, 0.25) is 5.02 Å². The van der Waals surface area contributed by atoms with Crippen molar-refractivity contribution in [2.24, 2.45) is 4.99 Å². The molecule has 1 aromatic carbocycles. The molecule has 0 amide bonds. The summed E-state index contributed by atoms with van der Waals surface area (Å²) in [5.41, 5.74) is 0. The van der Waals surface area contributed by atoms with Crippen LogP contribution in [0.5, 0.6) is 5.75 Å². The lowest BCUT2D eigenvalue weighted by Crippen LogP contribution is -2.40. The van der Waals surface area contributed by atoms with Gasteiger partial charge in [0.2, 0.25) is 5.89 Å². The molecule has 1 atom stereocenters. The van der Waals surface area contributed by atoms with Gasteiger partial charge in [0.05, 0.1) is 13.1 Å². The Morgan fingerprint density at radius 2 is 2.11 bits per heavy atom. The van der Waals surface area contributed by atoms with E-state index >= 15 is 0 Å². The molecule has 0 aliphatic rings. The molecule has 0 fully saturated rings. The van der Waals surface area contributed by atoms with Crippen LogP contribution in [0.15, 0.2) is 33.8 Å². The van der Waals surface area contributed by atoms with Crippen molar-refractivity contribution in [3.8, 4) is 5.75 Å². The van der Waals surface area contributed by atoms with Crippen molar-refractivity contribution in [3.05, 3.63) is 41.0 Å². The normalized spacial score (nSPS) is 12.7. The molecule has 0 spiro atoms. The van der Waals surface area contributed by atoms with Crippen molar-refractivity contribution in [3.63, 3.8) is 0 Å². The molecule has 0 radical (unpaired) electrons. The number of guanidine groups is 1. The highest BCUT2D eigenvalue weighted by Crippen LogP contribution is 2.15. The molecule has 1 heterocycles. The number of halogens is 1. The van der Waals surface area contributed by atoms with Crippen LogP contribution in [0.3, 0.4) is 0 Å². The van der Waals surface area contributed by atoms with Crippen LogP contribution in [-0.2, 0) is 11.3 Å². The smallest absolute Gasteiger partial charge is 0.246 e. The first kappa shape index (κ1) is 21.0. The first-order chi connectivity index (χ1) is 13.0. The Morgan fingerprint density at radius 1 is 1.37 bits per heavy atom. The number of benzene rings is 1. The zero-order chi connectivity index (χ0) is 19.6. The average Bonchev–Trinajstić information content (AvgIpc) is 3.13. The Balaban J connectivity index is 1.77. The largest absolute Gasteiger partial charge is 0.492 e. The first-order valence-electron chi connectivity index (χ1n) is 8.77. The zero-order valence-electron chi connectivity index (χ0n) is 16.1. The van der Waals surface area contributed by atoms with Gasteiger partial charge in [0.1, 0.15) is 18.5 Å². The molecule has 9 heteroatoms. The first-order valence-corrected chi connectivity index (χ1v) is 9.15. The van der Waals surface area contributed by atoms with E-state index in [9.17, 15) is 0 Å². The summed E-state index contributed by atoms with van der Waals surface area (Å²) >= 11 is 5.86. The van der Waals surface area contributed by atoms with Crippen LogP contribution >= 0.6 is 11.6 Å². The van der Waals surface area contributed by atoms with Gasteiger partial charge in [0.25, 0.3) is 0 Å². The molecule has 2 rings (SSSR count). The van der Waals surface area contributed by atoms with Crippen LogP contribution in [0.25, 0.3) is 0 Å². The molecule has 148 valence electrons. The van der Waals surface area contributed by atoms with Crippen LogP contribution in [-0.4, -0.2) is 54.9 Å². The summed E-state index contributed by atoms with van der Waals surface area (Å²) in [6, 6.07) is 7.27. The Kier molecular flexibility index (Phi) is 8.35. The number of nitrogens with one attached hydrogen (secondary N) is 1. The van der Waals surface area contributed by atoms with Gasteiger partial charge in [-0.25, -0.2) is 0 Å². The molecule has 0 bridgehead atoms. The van der Waals surface area contributed by atoms with Crippen LogP contribution in [0, 0.1) is 0 Å². The predicted octanol–water partition coefficient (Wildman–Crippen LogP) is 2.91. The number of likely N-dealkylation sites (N-methyl/N-ethyl adjacent to an activating group) is 1. The minimum absolute atomic E-state index is 0.195. The third-order valence-electron chi connectivity index (χ3n) is 3.74. The number of aliphatic imine (C=N–C) groups is 1. The van der Waals surface area contributed by atoms with Gasteiger partial charge >= 0.3 is 0 Å². The number of ether oxygens (including phenoxy) is 2. The predicted molar refractivity (Wildman–Crippen MR) is 104 cm³/mol.